The predicted octanol–water partition coefficient (Wildman–Crippen LogP) is 2.06. The molecule has 1 N–H and O–H groups in total. The van der Waals surface area contributed by atoms with Crippen LogP contribution in [0.4, 0.5) is 4.39 Å². The summed E-state index contributed by atoms with van der Waals surface area (Å²) in [5, 5.41) is 3.21. The van der Waals surface area contributed by atoms with Gasteiger partial charge in [0.1, 0.15) is 11.6 Å². The van der Waals surface area contributed by atoms with Crippen molar-refractivity contribution >= 4 is 9.84 Å². The highest BCUT2D eigenvalue weighted by Crippen LogP contribution is 2.28. The zero-order valence-corrected chi connectivity index (χ0v) is 12.5. The summed E-state index contributed by atoms with van der Waals surface area (Å²) in [4.78, 5) is 0. The second kappa shape index (κ2) is 6.10. The summed E-state index contributed by atoms with van der Waals surface area (Å²) in [5.41, 5.74) is 0.443. The molecule has 1 aromatic carbocycles. The molecule has 0 amide bonds. The van der Waals surface area contributed by atoms with Crippen LogP contribution in [0.25, 0.3) is 0 Å². The van der Waals surface area contributed by atoms with Crippen LogP contribution in [0.5, 0.6) is 5.75 Å². The van der Waals surface area contributed by atoms with Gasteiger partial charge >= 0.3 is 0 Å². The fourth-order valence-electron chi connectivity index (χ4n) is 2.71. The van der Waals surface area contributed by atoms with Gasteiger partial charge in [0.15, 0.2) is 9.84 Å². The monoisotopic (exact) mass is 301 g/mol. The van der Waals surface area contributed by atoms with Gasteiger partial charge in [-0.1, -0.05) is 6.07 Å². The highest BCUT2D eigenvalue weighted by Gasteiger charge is 2.27. The smallest absolute Gasteiger partial charge is 0.151 e. The molecular weight excluding hydrogens is 281 g/mol. The van der Waals surface area contributed by atoms with Crippen molar-refractivity contribution in [1.82, 2.24) is 5.32 Å². The Morgan fingerprint density at radius 1 is 1.45 bits per heavy atom. The van der Waals surface area contributed by atoms with Crippen molar-refractivity contribution in [2.45, 2.75) is 31.8 Å². The van der Waals surface area contributed by atoms with Gasteiger partial charge in [-0.05, 0) is 31.9 Å². The molecule has 20 heavy (non-hydrogen) atoms. The van der Waals surface area contributed by atoms with Gasteiger partial charge in [-0.25, -0.2) is 12.8 Å². The van der Waals surface area contributed by atoms with E-state index in [1.165, 1.54) is 13.2 Å². The van der Waals surface area contributed by atoms with Crippen LogP contribution in [0.3, 0.4) is 0 Å². The van der Waals surface area contributed by atoms with E-state index in [1.54, 1.807) is 12.1 Å². The van der Waals surface area contributed by atoms with Gasteiger partial charge in [0, 0.05) is 17.6 Å². The van der Waals surface area contributed by atoms with Crippen LogP contribution in [-0.4, -0.2) is 33.1 Å². The Bertz CT molecular complexity index is 574. The first-order valence-electron chi connectivity index (χ1n) is 6.72. The lowest BCUT2D eigenvalue weighted by atomic mass is 10.0. The van der Waals surface area contributed by atoms with Crippen LogP contribution >= 0.6 is 0 Å². The Morgan fingerprint density at radius 3 is 2.85 bits per heavy atom. The first kappa shape index (κ1) is 15.3. The highest BCUT2D eigenvalue weighted by molar-refractivity contribution is 7.91. The quantitative estimate of drug-likeness (QED) is 0.925. The van der Waals surface area contributed by atoms with Crippen molar-refractivity contribution in [1.29, 1.82) is 0 Å². The predicted molar refractivity (Wildman–Crippen MR) is 76.2 cm³/mol. The molecule has 0 radical (unpaired) electrons. The molecule has 6 heteroatoms. The molecule has 0 spiro atoms. The zero-order valence-electron chi connectivity index (χ0n) is 11.7. The Labute approximate surface area is 119 Å². The van der Waals surface area contributed by atoms with Gasteiger partial charge in [0.2, 0.25) is 0 Å². The average Bonchev–Trinajstić information content (AvgIpc) is 2.36. The molecule has 2 unspecified atom stereocenters. The fourth-order valence-corrected chi connectivity index (χ4v) is 4.36. The summed E-state index contributed by atoms with van der Waals surface area (Å²) in [6.07, 6.45) is 1.45. The molecule has 1 heterocycles. The number of rotatable bonds is 4. The maximum absolute atomic E-state index is 14.0. The maximum Gasteiger partial charge on any atom is 0.151 e. The molecule has 0 aliphatic carbocycles. The minimum atomic E-state index is -2.97. The first-order valence-corrected chi connectivity index (χ1v) is 8.54. The SMILES string of the molecule is COc1cccc(F)c1C(C)NC1CCCS(=O)(=O)C1. The van der Waals surface area contributed by atoms with Gasteiger partial charge in [-0.15, -0.1) is 0 Å². The number of hydrogen-bond donors (Lipinski definition) is 1. The van der Waals surface area contributed by atoms with Gasteiger partial charge < -0.3 is 10.1 Å². The van der Waals surface area contributed by atoms with Crippen LogP contribution in [-0.2, 0) is 9.84 Å². The van der Waals surface area contributed by atoms with Gasteiger partial charge in [0.25, 0.3) is 0 Å². The van der Waals surface area contributed by atoms with Crippen LogP contribution in [0, 0.1) is 5.82 Å². The van der Waals surface area contributed by atoms with E-state index in [-0.39, 0.29) is 29.4 Å². The summed E-state index contributed by atoms with van der Waals surface area (Å²) in [5.74, 6) is 0.503. The van der Waals surface area contributed by atoms with Gasteiger partial charge in [0.05, 0.1) is 18.6 Å². The van der Waals surface area contributed by atoms with E-state index in [2.05, 4.69) is 5.32 Å². The number of nitrogens with one attached hydrogen (secondary N) is 1. The van der Waals surface area contributed by atoms with E-state index in [1.807, 2.05) is 6.92 Å². The summed E-state index contributed by atoms with van der Waals surface area (Å²) in [7, 11) is -1.48. The van der Waals surface area contributed by atoms with Crippen LogP contribution < -0.4 is 10.1 Å². The number of ether oxygens (including phenoxy) is 1. The normalized spacial score (nSPS) is 23.2. The first-order chi connectivity index (χ1) is 9.43. The minimum absolute atomic E-state index is 0.119. The molecule has 1 aliphatic heterocycles. The second-order valence-electron chi connectivity index (χ2n) is 5.20. The fraction of sp³-hybridized carbons (Fsp3) is 0.571. The lowest BCUT2D eigenvalue weighted by molar-refractivity contribution is 0.380. The highest BCUT2D eigenvalue weighted by atomic mass is 32.2. The van der Waals surface area contributed by atoms with Crippen molar-refractivity contribution in [2.75, 3.05) is 18.6 Å². The molecule has 1 aromatic rings. The molecule has 0 saturated carbocycles. The Morgan fingerprint density at radius 2 is 2.20 bits per heavy atom. The van der Waals surface area contributed by atoms with E-state index in [9.17, 15) is 12.8 Å². The third kappa shape index (κ3) is 3.49. The standard InChI is InChI=1S/C14H20FNO3S/c1-10(14-12(15)6-3-7-13(14)19-2)16-11-5-4-8-20(17,18)9-11/h3,6-7,10-11,16H,4-5,8-9H2,1-2H3. The summed E-state index contributed by atoms with van der Waals surface area (Å²) >= 11 is 0. The Kier molecular flexibility index (Phi) is 4.65. The van der Waals surface area contributed by atoms with Crippen molar-refractivity contribution in [3.63, 3.8) is 0 Å². The molecule has 4 nitrogen and oxygen atoms in total. The molecule has 1 saturated heterocycles. The number of sulfone groups is 1. The summed E-state index contributed by atoms with van der Waals surface area (Å²) in [6, 6.07) is 4.25. The number of halogens is 1. The third-order valence-corrected chi connectivity index (χ3v) is 5.44. The van der Waals surface area contributed by atoms with E-state index in [4.69, 9.17) is 4.74 Å². The van der Waals surface area contributed by atoms with Crippen molar-refractivity contribution < 1.29 is 17.5 Å². The second-order valence-corrected chi connectivity index (χ2v) is 7.43. The zero-order chi connectivity index (χ0) is 14.8. The lowest BCUT2D eigenvalue weighted by Crippen LogP contribution is -2.41. The topological polar surface area (TPSA) is 55.4 Å². The minimum Gasteiger partial charge on any atom is -0.496 e. The molecular formula is C14H20FNO3S. The van der Waals surface area contributed by atoms with E-state index in [0.717, 1.165) is 6.42 Å². The van der Waals surface area contributed by atoms with Gasteiger partial charge in [-0.2, -0.15) is 0 Å². The van der Waals surface area contributed by atoms with Crippen molar-refractivity contribution in [3.8, 4) is 5.75 Å². The maximum atomic E-state index is 14.0. The molecule has 1 fully saturated rings. The molecule has 2 atom stereocenters. The molecule has 0 bridgehead atoms. The number of methoxy groups -OCH3 is 1. The van der Waals surface area contributed by atoms with Crippen molar-refractivity contribution in [3.05, 3.63) is 29.6 Å². The summed E-state index contributed by atoms with van der Waals surface area (Å²) in [6.45, 7) is 1.82. The van der Waals surface area contributed by atoms with E-state index >= 15 is 0 Å². The third-order valence-electron chi connectivity index (χ3n) is 3.61. The Hall–Kier alpha value is -1.14. The van der Waals surface area contributed by atoms with Crippen LogP contribution in [0.15, 0.2) is 18.2 Å². The van der Waals surface area contributed by atoms with E-state index < -0.39 is 9.84 Å². The number of hydrogen-bond acceptors (Lipinski definition) is 4. The van der Waals surface area contributed by atoms with Crippen LogP contribution in [0.1, 0.15) is 31.4 Å². The van der Waals surface area contributed by atoms with Crippen LogP contribution in [0.2, 0.25) is 0 Å². The molecule has 1 aliphatic rings. The average molecular weight is 301 g/mol. The number of benzene rings is 1. The largest absolute Gasteiger partial charge is 0.496 e. The molecule has 2 rings (SSSR count). The van der Waals surface area contributed by atoms with E-state index in [0.29, 0.717) is 17.7 Å². The van der Waals surface area contributed by atoms with Gasteiger partial charge in [-0.3, -0.25) is 0 Å². The summed E-state index contributed by atoms with van der Waals surface area (Å²) < 4.78 is 42.4. The Balaban J connectivity index is 2.14. The molecule has 112 valence electrons. The molecule has 0 aromatic heterocycles. The van der Waals surface area contributed by atoms with Crippen molar-refractivity contribution in [2.24, 2.45) is 0 Å². The lowest BCUT2D eigenvalue weighted by Gasteiger charge is -2.27.